The van der Waals surface area contributed by atoms with Crippen molar-refractivity contribution in [2.75, 3.05) is 10.7 Å². The monoisotopic (exact) mass is 338 g/mol. The SMILES string of the molecule is CC(=O)N[C@H]1OC(=O)N(c2ccc(SCC3CC3)c(F)c2)C1C. The number of rotatable bonds is 5. The zero-order chi connectivity index (χ0) is 16.6. The maximum Gasteiger partial charge on any atom is 0.416 e. The molecule has 1 saturated heterocycles. The Balaban J connectivity index is 1.73. The van der Waals surface area contributed by atoms with Crippen LogP contribution in [0, 0.1) is 11.7 Å². The maximum atomic E-state index is 14.3. The predicted molar refractivity (Wildman–Crippen MR) is 85.9 cm³/mol. The van der Waals surface area contributed by atoms with E-state index in [2.05, 4.69) is 5.32 Å². The summed E-state index contributed by atoms with van der Waals surface area (Å²) in [5, 5.41) is 2.57. The first-order valence-corrected chi connectivity index (χ1v) is 8.63. The van der Waals surface area contributed by atoms with Crippen molar-refractivity contribution in [1.82, 2.24) is 5.32 Å². The summed E-state index contributed by atoms with van der Waals surface area (Å²) in [6.45, 7) is 3.11. The van der Waals surface area contributed by atoms with Crippen molar-refractivity contribution in [3.63, 3.8) is 0 Å². The minimum Gasteiger partial charge on any atom is -0.423 e. The first kappa shape index (κ1) is 16.1. The molecule has 2 aliphatic rings. The molecule has 0 aromatic heterocycles. The number of amides is 2. The Morgan fingerprint density at radius 2 is 2.22 bits per heavy atom. The van der Waals surface area contributed by atoms with Gasteiger partial charge < -0.3 is 10.1 Å². The highest BCUT2D eigenvalue weighted by molar-refractivity contribution is 7.99. The first-order chi connectivity index (χ1) is 11.0. The van der Waals surface area contributed by atoms with Crippen LogP contribution in [-0.4, -0.2) is 30.0 Å². The number of anilines is 1. The lowest BCUT2D eigenvalue weighted by molar-refractivity contribution is -0.121. The van der Waals surface area contributed by atoms with Crippen LogP contribution in [0.5, 0.6) is 0 Å². The molecule has 1 aliphatic heterocycles. The standard InChI is InChI=1S/C16H19FN2O3S/c1-9-15(18-10(2)20)22-16(21)19(9)12-5-6-14(13(17)7-12)23-8-11-3-4-11/h5-7,9,11,15H,3-4,8H2,1-2H3,(H,18,20)/t9?,15-/m0/s1. The first-order valence-electron chi connectivity index (χ1n) is 7.65. The van der Waals surface area contributed by atoms with Crippen LogP contribution in [0.2, 0.25) is 0 Å². The molecule has 124 valence electrons. The summed E-state index contributed by atoms with van der Waals surface area (Å²) in [4.78, 5) is 25.1. The number of carbonyl (C=O) groups excluding carboxylic acids is 2. The summed E-state index contributed by atoms with van der Waals surface area (Å²) in [6.07, 6.45) is 1.14. The van der Waals surface area contributed by atoms with Crippen LogP contribution in [0.4, 0.5) is 14.9 Å². The average Bonchev–Trinajstić information content (AvgIpc) is 3.25. The molecule has 1 aliphatic carbocycles. The van der Waals surface area contributed by atoms with Crippen LogP contribution in [0.3, 0.4) is 0 Å². The lowest BCUT2D eigenvalue weighted by atomic mass is 10.2. The van der Waals surface area contributed by atoms with E-state index in [-0.39, 0.29) is 11.7 Å². The highest BCUT2D eigenvalue weighted by Gasteiger charge is 2.40. The van der Waals surface area contributed by atoms with Crippen LogP contribution in [-0.2, 0) is 9.53 Å². The van der Waals surface area contributed by atoms with Gasteiger partial charge in [0.15, 0.2) is 6.23 Å². The Morgan fingerprint density at radius 1 is 1.48 bits per heavy atom. The summed E-state index contributed by atoms with van der Waals surface area (Å²) >= 11 is 1.51. The number of nitrogens with one attached hydrogen (secondary N) is 1. The van der Waals surface area contributed by atoms with Gasteiger partial charge in [-0.25, -0.2) is 9.18 Å². The van der Waals surface area contributed by atoms with Crippen molar-refractivity contribution >= 4 is 29.4 Å². The molecule has 0 spiro atoms. The van der Waals surface area contributed by atoms with E-state index >= 15 is 0 Å². The molecule has 1 aromatic rings. The third-order valence-electron chi connectivity index (χ3n) is 3.98. The molecule has 0 radical (unpaired) electrons. The number of hydrogen-bond acceptors (Lipinski definition) is 4. The van der Waals surface area contributed by atoms with E-state index in [4.69, 9.17) is 4.74 Å². The van der Waals surface area contributed by atoms with Gasteiger partial charge in [-0.15, -0.1) is 11.8 Å². The van der Waals surface area contributed by atoms with Crippen molar-refractivity contribution < 1.29 is 18.7 Å². The largest absolute Gasteiger partial charge is 0.423 e. The molecular weight excluding hydrogens is 319 g/mol. The smallest absolute Gasteiger partial charge is 0.416 e. The molecule has 1 unspecified atom stereocenters. The van der Waals surface area contributed by atoms with Gasteiger partial charge in [0, 0.05) is 17.6 Å². The Bertz CT molecular complexity index is 636. The lowest BCUT2D eigenvalue weighted by Crippen LogP contribution is -2.43. The second kappa shape index (κ2) is 6.39. The highest BCUT2D eigenvalue weighted by Crippen LogP contribution is 2.37. The summed E-state index contributed by atoms with van der Waals surface area (Å²) < 4.78 is 19.4. The van der Waals surface area contributed by atoms with E-state index in [0.29, 0.717) is 16.5 Å². The van der Waals surface area contributed by atoms with Crippen molar-refractivity contribution in [3.8, 4) is 0 Å². The van der Waals surface area contributed by atoms with Gasteiger partial charge in [0.05, 0.1) is 11.7 Å². The third-order valence-corrected chi connectivity index (χ3v) is 5.26. The zero-order valence-electron chi connectivity index (χ0n) is 13.0. The van der Waals surface area contributed by atoms with Crippen LogP contribution in [0.15, 0.2) is 23.1 Å². The van der Waals surface area contributed by atoms with Crippen LogP contribution < -0.4 is 10.2 Å². The quantitative estimate of drug-likeness (QED) is 0.838. The van der Waals surface area contributed by atoms with E-state index in [1.807, 2.05) is 0 Å². The Hall–Kier alpha value is -1.76. The van der Waals surface area contributed by atoms with Crippen molar-refractivity contribution in [2.24, 2.45) is 5.92 Å². The number of ether oxygens (including phenoxy) is 1. The predicted octanol–water partition coefficient (Wildman–Crippen LogP) is 3.14. The van der Waals surface area contributed by atoms with Crippen molar-refractivity contribution in [1.29, 1.82) is 0 Å². The van der Waals surface area contributed by atoms with Gasteiger partial charge in [0.1, 0.15) is 5.82 Å². The molecule has 3 rings (SSSR count). The molecular formula is C16H19FN2O3S. The molecule has 23 heavy (non-hydrogen) atoms. The van der Waals surface area contributed by atoms with Crippen LogP contribution >= 0.6 is 11.8 Å². The Kier molecular flexibility index (Phi) is 4.48. The maximum absolute atomic E-state index is 14.3. The Morgan fingerprint density at radius 3 is 2.83 bits per heavy atom. The van der Waals surface area contributed by atoms with E-state index in [1.54, 1.807) is 19.1 Å². The second-order valence-corrected chi connectivity index (χ2v) is 7.05. The number of hydrogen-bond donors (Lipinski definition) is 1. The Labute approximate surface area is 138 Å². The number of benzene rings is 1. The van der Waals surface area contributed by atoms with E-state index < -0.39 is 18.4 Å². The van der Waals surface area contributed by atoms with Gasteiger partial charge in [0.2, 0.25) is 5.91 Å². The lowest BCUT2D eigenvalue weighted by Gasteiger charge is -2.21. The molecule has 2 fully saturated rings. The second-order valence-electron chi connectivity index (χ2n) is 5.98. The average molecular weight is 338 g/mol. The van der Waals surface area contributed by atoms with E-state index in [9.17, 15) is 14.0 Å². The zero-order valence-corrected chi connectivity index (χ0v) is 13.9. The van der Waals surface area contributed by atoms with Gasteiger partial charge in [0.25, 0.3) is 0 Å². The number of cyclic esters (lactones) is 1. The number of nitrogens with zero attached hydrogens (tertiary/aromatic N) is 1. The summed E-state index contributed by atoms with van der Waals surface area (Å²) in [7, 11) is 0. The van der Waals surface area contributed by atoms with Crippen LogP contribution in [0.25, 0.3) is 0 Å². The third kappa shape index (κ3) is 3.60. The summed E-state index contributed by atoms with van der Waals surface area (Å²) in [6, 6.07) is 4.36. The molecule has 2 atom stereocenters. The van der Waals surface area contributed by atoms with Crippen molar-refractivity contribution in [2.45, 2.75) is 43.9 Å². The van der Waals surface area contributed by atoms with Gasteiger partial charge >= 0.3 is 6.09 Å². The minimum atomic E-state index is -0.730. The number of halogens is 1. The van der Waals surface area contributed by atoms with Gasteiger partial charge in [-0.3, -0.25) is 9.69 Å². The molecule has 7 heteroatoms. The van der Waals surface area contributed by atoms with E-state index in [1.165, 1.54) is 42.5 Å². The molecule has 5 nitrogen and oxygen atoms in total. The highest BCUT2D eigenvalue weighted by atomic mass is 32.2. The van der Waals surface area contributed by atoms with Crippen molar-refractivity contribution in [3.05, 3.63) is 24.0 Å². The fourth-order valence-corrected chi connectivity index (χ4v) is 3.61. The molecule has 1 heterocycles. The number of carbonyl (C=O) groups is 2. The molecule has 2 amide bonds. The van der Waals surface area contributed by atoms with E-state index in [0.717, 1.165) is 5.75 Å². The topological polar surface area (TPSA) is 58.6 Å². The summed E-state index contributed by atoms with van der Waals surface area (Å²) in [5.74, 6) is 1.03. The van der Waals surface area contributed by atoms with Crippen LogP contribution in [0.1, 0.15) is 26.7 Å². The molecule has 0 bridgehead atoms. The van der Waals surface area contributed by atoms with Gasteiger partial charge in [-0.1, -0.05) is 0 Å². The molecule has 1 saturated carbocycles. The normalized spacial score (nSPS) is 23.8. The minimum absolute atomic E-state index is 0.283. The molecule has 1 aromatic carbocycles. The summed E-state index contributed by atoms with van der Waals surface area (Å²) in [5.41, 5.74) is 0.434. The fourth-order valence-electron chi connectivity index (χ4n) is 2.51. The van der Waals surface area contributed by atoms with Gasteiger partial charge in [-0.05, 0) is 43.9 Å². The van der Waals surface area contributed by atoms with Gasteiger partial charge in [-0.2, -0.15) is 0 Å². The fraction of sp³-hybridized carbons (Fsp3) is 0.500. The molecule has 1 N–H and O–H groups in total. The number of thioether (sulfide) groups is 1.